The summed E-state index contributed by atoms with van der Waals surface area (Å²) in [6.07, 6.45) is 0. The van der Waals surface area contributed by atoms with Gasteiger partial charge < -0.3 is 4.74 Å². The fraction of sp³-hybridized carbons (Fsp3) is 0.250. The fourth-order valence-electron chi connectivity index (χ4n) is 2.15. The lowest BCUT2D eigenvalue weighted by Crippen LogP contribution is -2.00. The van der Waals surface area contributed by atoms with Gasteiger partial charge in [-0.05, 0) is 36.6 Å². The van der Waals surface area contributed by atoms with E-state index < -0.39 is 0 Å². The molecule has 0 fully saturated rings. The molecule has 0 radical (unpaired) electrons. The van der Waals surface area contributed by atoms with Gasteiger partial charge in [0.05, 0.1) is 10.0 Å². The minimum Gasteiger partial charge on any atom is -0.488 e. The Morgan fingerprint density at radius 3 is 2.30 bits per heavy atom. The third kappa shape index (κ3) is 3.41. The largest absolute Gasteiger partial charge is 0.488 e. The van der Waals surface area contributed by atoms with Crippen LogP contribution in [0.4, 0.5) is 0 Å². The summed E-state index contributed by atoms with van der Waals surface area (Å²) in [6, 6.07) is 9.61. The molecule has 0 aliphatic rings. The van der Waals surface area contributed by atoms with Crippen LogP contribution >= 0.6 is 34.8 Å². The Morgan fingerprint density at radius 1 is 1.05 bits per heavy atom. The summed E-state index contributed by atoms with van der Waals surface area (Å²) in [6.45, 7) is 4.41. The van der Waals surface area contributed by atoms with Crippen LogP contribution in [0.1, 0.15) is 22.3 Å². The van der Waals surface area contributed by atoms with Crippen molar-refractivity contribution in [3.63, 3.8) is 0 Å². The van der Waals surface area contributed by atoms with Gasteiger partial charge in [0.15, 0.2) is 0 Å². The minimum absolute atomic E-state index is 0.390. The second kappa shape index (κ2) is 6.71. The highest BCUT2D eigenvalue weighted by Crippen LogP contribution is 2.29. The summed E-state index contributed by atoms with van der Waals surface area (Å²) in [7, 11) is 0. The third-order valence-electron chi connectivity index (χ3n) is 3.08. The first-order chi connectivity index (χ1) is 9.52. The molecule has 0 aromatic heterocycles. The van der Waals surface area contributed by atoms with Gasteiger partial charge in [-0.2, -0.15) is 0 Å². The lowest BCUT2D eigenvalue weighted by molar-refractivity contribution is 0.302. The quantitative estimate of drug-likeness (QED) is 0.632. The smallest absolute Gasteiger partial charge is 0.125 e. The Bertz CT molecular complexity index is 600. The van der Waals surface area contributed by atoms with Crippen LogP contribution in [-0.4, -0.2) is 0 Å². The first-order valence-corrected chi connectivity index (χ1v) is 7.53. The average Bonchev–Trinajstić information content (AvgIpc) is 2.42. The number of halogens is 3. The Balaban J connectivity index is 2.21. The predicted octanol–water partition coefficient (Wildman–Crippen LogP) is 5.93. The van der Waals surface area contributed by atoms with Crippen molar-refractivity contribution in [1.82, 2.24) is 0 Å². The van der Waals surface area contributed by atoms with Crippen LogP contribution in [-0.2, 0) is 12.5 Å². The van der Waals surface area contributed by atoms with Crippen molar-refractivity contribution >= 4 is 34.8 Å². The highest BCUT2D eigenvalue weighted by molar-refractivity contribution is 6.42. The third-order valence-corrected chi connectivity index (χ3v) is 4.24. The molecular weight excluding hydrogens is 315 g/mol. The highest BCUT2D eigenvalue weighted by atomic mass is 35.5. The molecule has 0 bridgehead atoms. The van der Waals surface area contributed by atoms with E-state index in [0.717, 1.165) is 28.0 Å². The molecule has 20 heavy (non-hydrogen) atoms. The number of rotatable bonds is 4. The SMILES string of the molecule is Cc1cc(CCl)cc(C)c1OCc1cccc(Cl)c1Cl. The maximum atomic E-state index is 6.16. The van der Waals surface area contributed by atoms with E-state index in [4.69, 9.17) is 39.5 Å². The normalized spacial score (nSPS) is 10.7. The number of alkyl halides is 1. The molecule has 0 N–H and O–H groups in total. The van der Waals surface area contributed by atoms with E-state index in [-0.39, 0.29) is 0 Å². The van der Waals surface area contributed by atoms with Crippen molar-refractivity contribution in [2.24, 2.45) is 0 Å². The van der Waals surface area contributed by atoms with E-state index in [9.17, 15) is 0 Å². The summed E-state index contributed by atoms with van der Waals surface area (Å²) in [4.78, 5) is 0. The number of aryl methyl sites for hydroxylation is 2. The van der Waals surface area contributed by atoms with E-state index in [2.05, 4.69) is 0 Å². The van der Waals surface area contributed by atoms with E-state index in [1.54, 1.807) is 6.07 Å². The average molecular weight is 330 g/mol. The summed E-state index contributed by atoms with van der Waals surface area (Å²) in [5.41, 5.74) is 4.10. The van der Waals surface area contributed by atoms with E-state index in [1.807, 2.05) is 38.1 Å². The van der Waals surface area contributed by atoms with E-state index in [0.29, 0.717) is 22.5 Å². The van der Waals surface area contributed by atoms with Gasteiger partial charge in [0.25, 0.3) is 0 Å². The van der Waals surface area contributed by atoms with Crippen LogP contribution in [0.3, 0.4) is 0 Å². The summed E-state index contributed by atoms with van der Waals surface area (Å²) in [5, 5.41) is 1.08. The van der Waals surface area contributed by atoms with Gasteiger partial charge in [0.1, 0.15) is 12.4 Å². The molecule has 0 saturated carbocycles. The van der Waals surface area contributed by atoms with E-state index >= 15 is 0 Å². The van der Waals surface area contributed by atoms with Gasteiger partial charge in [0.2, 0.25) is 0 Å². The molecule has 2 rings (SSSR count). The second-order valence-electron chi connectivity index (χ2n) is 4.69. The molecule has 0 amide bonds. The Kier molecular flexibility index (Phi) is 5.20. The number of hydrogen-bond donors (Lipinski definition) is 0. The Morgan fingerprint density at radius 2 is 1.70 bits per heavy atom. The molecule has 0 heterocycles. The zero-order chi connectivity index (χ0) is 14.7. The predicted molar refractivity (Wildman–Crippen MR) is 86.3 cm³/mol. The lowest BCUT2D eigenvalue weighted by atomic mass is 10.1. The fourth-order valence-corrected chi connectivity index (χ4v) is 2.68. The monoisotopic (exact) mass is 328 g/mol. The van der Waals surface area contributed by atoms with Gasteiger partial charge in [-0.15, -0.1) is 11.6 Å². The zero-order valence-corrected chi connectivity index (χ0v) is 13.6. The minimum atomic E-state index is 0.390. The molecule has 4 heteroatoms. The van der Waals surface area contributed by atoms with Gasteiger partial charge in [0, 0.05) is 11.4 Å². The standard InChI is InChI=1S/C16H15Cl3O/c1-10-6-12(8-17)7-11(2)16(10)20-9-13-4-3-5-14(18)15(13)19/h3-7H,8-9H2,1-2H3. The van der Waals surface area contributed by atoms with E-state index in [1.165, 1.54) is 0 Å². The number of ether oxygens (including phenoxy) is 1. The van der Waals surface area contributed by atoms with Crippen LogP contribution in [0.5, 0.6) is 5.75 Å². The number of benzene rings is 2. The first kappa shape index (κ1) is 15.5. The second-order valence-corrected chi connectivity index (χ2v) is 5.75. The highest BCUT2D eigenvalue weighted by Gasteiger charge is 2.09. The van der Waals surface area contributed by atoms with Gasteiger partial charge in [-0.25, -0.2) is 0 Å². The van der Waals surface area contributed by atoms with Gasteiger partial charge >= 0.3 is 0 Å². The maximum absolute atomic E-state index is 6.16. The number of hydrogen-bond acceptors (Lipinski definition) is 1. The van der Waals surface area contributed by atoms with Crippen molar-refractivity contribution in [3.05, 3.63) is 62.6 Å². The zero-order valence-electron chi connectivity index (χ0n) is 11.3. The molecule has 1 nitrogen and oxygen atoms in total. The Hall–Kier alpha value is -0.890. The van der Waals surface area contributed by atoms with Crippen LogP contribution in [0.2, 0.25) is 10.0 Å². The van der Waals surface area contributed by atoms with Crippen LogP contribution in [0.15, 0.2) is 30.3 Å². The molecule has 2 aromatic rings. The van der Waals surface area contributed by atoms with Gasteiger partial charge in [-0.3, -0.25) is 0 Å². The van der Waals surface area contributed by atoms with Crippen molar-refractivity contribution in [2.75, 3.05) is 0 Å². The maximum Gasteiger partial charge on any atom is 0.125 e. The molecule has 0 atom stereocenters. The lowest BCUT2D eigenvalue weighted by Gasteiger charge is -2.14. The van der Waals surface area contributed by atoms with Crippen molar-refractivity contribution < 1.29 is 4.74 Å². The van der Waals surface area contributed by atoms with Crippen molar-refractivity contribution in [1.29, 1.82) is 0 Å². The van der Waals surface area contributed by atoms with Crippen LogP contribution < -0.4 is 4.74 Å². The Labute approximate surface area is 134 Å². The molecular formula is C16H15Cl3O. The first-order valence-electron chi connectivity index (χ1n) is 6.24. The van der Waals surface area contributed by atoms with Crippen LogP contribution in [0.25, 0.3) is 0 Å². The van der Waals surface area contributed by atoms with Crippen molar-refractivity contribution in [2.45, 2.75) is 26.3 Å². The van der Waals surface area contributed by atoms with Gasteiger partial charge in [-0.1, -0.05) is 47.5 Å². The summed E-state index contributed by atoms with van der Waals surface area (Å²) >= 11 is 18.0. The van der Waals surface area contributed by atoms with Crippen molar-refractivity contribution in [3.8, 4) is 5.75 Å². The summed E-state index contributed by atoms with van der Waals surface area (Å²) in [5.74, 6) is 1.37. The molecule has 0 spiro atoms. The molecule has 0 unspecified atom stereocenters. The molecule has 0 saturated heterocycles. The molecule has 106 valence electrons. The summed E-state index contributed by atoms with van der Waals surface area (Å²) < 4.78 is 5.90. The molecule has 0 aliphatic heterocycles. The molecule has 2 aromatic carbocycles. The van der Waals surface area contributed by atoms with Crippen LogP contribution in [0, 0.1) is 13.8 Å². The topological polar surface area (TPSA) is 9.23 Å². The molecule has 0 aliphatic carbocycles.